The molecule has 184 valence electrons. The first-order valence-corrected chi connectivity index (χ1v) is 12.2. The van der Waals surface area contributed by atoms with Crippen LogP contribution < -0.4 is 0 Å². The number of Topliss-reactive ketones (excluding diaryl/α,β-unsaturated/α-hetero) is 1. The molecule has 32 heavy (non-hydrogen) atoms. The van der Waals surface area contributed by atoms with Crippen molar-refractivity contribution < 1.29 is 22.8 Å². The molecule has 1 N–H and O–H groups in total. The number of nitrogens with one attached hydrogen (secondary N) is 1. The van der Waals surface area contributed by atoms with Crippen LogP contribution in [0.2, 0.25) is 0 Å². The van der Waals surface area contributed by atoms with Crippen molar-refractivity contribution >= 4 is 18.0 Å². The summed E-state index contributed by atoms with van der Waals surface area (Å²) in [6.45, 7) is 10.2. The van der Waals surface area contributed by atoms with Gasteiger partial charge in [0, 0.05) is 43.9 Å². The number of piperidine rings is 2. The van der Waals surface area contributed by atoms with E-state index in [9.17, 15) is 22.8 Å². The van der Waals surface area contributed by atoms with Gasteiger partial charge in [-0.1, -0.05) is 34.1 Å². The molecule has 0 aromatic carbocycles. The molecule has 5 nitrogen and oxygen atoms in total. The van der Waals surface area contributed by atoms with Gasteiger partial charge in [-0.3, -0.25) is 15.0 Å². The minimum absolute atomic E-state index is 0.0201. The molecular weight excluding hydrogens is 419 g/mol. The second kappa shape index (κ2) is 10.6. The Balaban J connectivity index is 0.000000211. The summed E-state index contributed by atoms with van der Waals surface area (Å²) in [5, 5.41) is 7.11. The molecule has 2 spiro atoms. The lowest BCUT2D eigenvalue weighted by Crippen LogP contribution is -2.56. The van der Waals surface area contributed by atoms with Gasteiger partial charge in [0.2, 0.25) is 5.91 Å². The van der Waals surface area contributed by atoms with Gasteiger partial charge in [-0.25, -0.2) is 0 Å². The highest BCUT2D eigenvalue weighted by molar-refractivity contribution is 5.90. The van der Waals surface area contributed by atoms with E-state index in [1.165, 1.54) is 6.34 Å². The first-order chi connectivity index (χ1) is 15.0. The molecule has 1 amide bonds. The number of carbonyl (C=O) groups excluding carboxylic acids is 2. The largest absolute Gasteiger partial charge is 0.392 e. The van der Waals surface area contributed by atoms with Gasteiger partial charge in [0.05, 0.1) is 12.3 Å². The summed E-state index contributed by atoms with van der Waals surface area (Å²) in [5.74, 6) is -0.401. The average Bonchev–Trinajstić information content (AvgIpc) is 2.77. The van der Waals surface area contributed by atoms with Gasteiger partial charge in [0.1, 0.15) is 5.78 Å². The highest BCUT2D eigenvalue weighted by atomic mass is 19.4. The van der Waals surface area contributed by atoms with Crippen molar-refractivity contribution in [3.05, 3.63) is 0 Å². The van der Waals surface area contributed by atoms with Crippen LogP contribution in [0.4, 0.5) is 13.2 Å². The van der Waals surface area contributed by atoms with Crippen molar-refractivity contribution in [2.45, 2.75) is 85.2 Å². The van der Waals surface area contributed by atoms with Gasteiger partial charge in [0.15, 0.2) is 0 Å². The third-order valence-corrected chi connectivity index (χ3v) is 7.84. The van der Waals surface area contributed by atoms with Crippen LogP contribution in [-0.2, 0) is 9.59 Å². The quantitative estimate of drug-likeness (QED) is 0.451. The number of hydrogen-bond acceptors (Lipinski definition) is 3. The molecule has 8 heteroatoms. The third-order valence-electron chi connectivity index (χ3n) is 7.84. The lowest BCUT2D eigenvalue weighted by atomic mass is 9.58. The summed E-state index contributed by atoms with van der Waals surface area (Å²) in [7, 11) is 0. The minimum Gasteiger partial charge on any atom is -0.363 e. The van der Waals surface area contributed by atoms with Gasteiger partial charge >= 0.3 is 6.18 Å². The summed E-state index contributed by atoms with van der Waals surface area (Å²) in [4.78, 5) is 26.9. The van der Waals surface area contributed by atoms with Gasteiger partial charge in [-0.15, -0.1) is 0 Å². The number of hydrogen-bond donors (Lipinski definition) is 1. The molecule has 2 heterocycles. The van der Waals surface area contributed by atoms with Crippen LogP contribution in [0.1, 0.15) is 79.1 Å². The first-order valence-electron chi connectivity index (χ1n) is 12.2. The lowest BCUT2D eigenvalue weighted by Gasteiger charge is -2.53. The maximum absolute atomic E-state index is 12.8. The number of rotatable bonds is 2. The molecule has 4 aliphatic rings. The van der Waals surface area contributed by atoms with Crippen LogP contribution >= 0.6 is 0 Å². The van der Waals surface area contributed by atoms with Crippen LogP contribution in [-0.4, -0.2) is 60.2 Å². The molecule has 2 saturated carbocycles. The Bertz CT molecular complexity index is 666. The second-order valence-electron chi connectivity index (χ2n) is 9.88. The van der Waals surface area contributed by atoms with Crippen LogP contribution in [0.25, 0.3) is 0 Å². The molecule has 4 fully saturated rings. The number of ketones is 1. The molecule has 0 bridgehead atoms. The van der Waals surface area contributed by atoms with E-state index in [1.54, 1.807) is 4.90 Å². The zero-order valence-electron chi connectivity index (χ0n) is 20.1. The third kappa shape index (κ3) is 5.48. The highest BCUT2D eigenvalue weighted by Crippen LogP contribution is 2.56. The second-order valence-corrected chi connectivity index (χ2v) is 9.88. The van der Waals surface area contributed by atoms with E-state index >= 15 is 0 Å². The van der Waals surface area contributed by atoms with Crippen molar-refractivity contribution in [2.24, 2.45) is 22.7 Å². The van der Waals surface area contributed by atoms with Crippen molar-refractivity contribution in [2.75, 3.05) is 26.2 Å². The highest BCUT2D eigenvalue weighted by Gasteiger charge is 2.57. The first kappa shape index (κ1) is 26.7. The molecule has 0 aromatic rings. The Labute approximate surface area is 190 Å². The fraction of sp³-hybridized carbons (Fsp3) is 0.875. The number of carbonyl (C=O) groups is 2. The Morgan fingerprint density at radius 1 is 1.09 bits per heavy atom. The van der Waals surface area contributed by atoms with Crippen LogP contribution in [0.15, 0.2) is 0 Å². The molecule has 1 atom stereocenters. The topological polar surface area (TPSA) is 64.5 Å². The van der Waals surface area contributed by atoms with Gasteiger partial charge < -0.3 is 9.80 Å². The van der Waals surface area contributed by atoms with Gasteiger partial charge in [-0.2, -0.15) is 13.2 Å². The molecule has 2 saturated heterocycles. The standard InChI is InChI=1S/C12H19NO2.C10H15F3N2.C2H6/c1-9(2)11(15)13-7-5-12(6-8-13)4-3-10(12)14;11-10(12,13)8-2-5-15(7-14)6-9(8)3-1-4-9;1-2/h9H,3-8H2,1-2H3;7-8,14H,1-6H2;1-2H3. The SMILES string of the molecule is CC.CC(C)C(=O)N1CCC2(CCC2=O)CC1.N=CN1CCC(C(F)(F)F)C2(CCC2)C1. The normalized spacial score (nSPS) is 25.8. The fourth-order valence-corrected chi connectivity index (χ4v) is 5.58. The molecule has 2 aliphatic carbocycles. The van der Waals surface area contributed by atoms with Crippen molar-refractivity contribution in [3.8, 4) is 0 Å². The van der Waals surface area contributed by atoms with E-state index in [0.29, 0.717) is 31.7 Å². The van der Waals surface area contributed by atoms with Crippen molar-refractivity contribution in [1.29, 1.82) is 5.41 Å². The number of amides is 1. The van der Waals surface area contributed by atoms with Crippen LogP contribution in [0.5, 0.6) is 0 Å². The molecule has 0 aromatic heterocycles. The van der Waals surface area contributed by atoms with Crippen molar-refractivity contribution in [1.82, 2.24) is 9.80 Å². The summed E-state index contributed by atoms with van der Waals surface area (Å²) in [6.07, 6.45) is 3.10. The van der Waals surface area contributed by atoms with Gasteiger partial charge in [0.25, 0.3) is 0 Å². The summed E-state index contributed by atoms with van der Waals surface area (Å²) in [6, 6.07) is 0. The van der Waals surface area contributed by atoms with E-state index < -0.39 is 17.5 Å². The Hall–Kier alpha value is -1.60. The Morgan fingerprint density at radius 2 is 1.69 bits per heavy atom. The van der Waals surface area contributed by atoms with E-state index in [1.807, 2.05) is 32.6 Å². The molecule has 2 aliphatic heterocycles. The lowest BCUT2D eigenvalue weighted by molar-refractivity contribution is -0.234. The van der Waals surface area contributed by atoms with Gasteiger partial charge in [-0.05, 0) is 43.9 Å². The van der Waals surface area contributed by atoms with E-state index in [4.69, 9.17) is 5.41 Å². The zero-order chi connectivity index (χ0) is 24.2. The average molecular weight is 460 g/mol. The molecule has 0 radical (unpaired) electrons. The van der Waals surface area contributed by atoms with Crippen molar-refractivity contribution in [3.63, 3.8) is 0 Å². The van der Waals surface area contributed by atoms with E-state index in [0.717, 1.165) is 45.2 Å². The maximum Gasteiger partial charge on any atom is 0.392 e. The molecule has 4 rings (SSSR count). The summed E-state index contributed by atoms with van der Waals surface area (Å²) >= 11 is 0. The predicted molar refractivity (Wildman–Crippen MR) is 119 cm³/mol. The Kier molecular flexibility index (Phi) is 8.79. The minimum atomic E-state index is -4.06. The van der Waals surface area contributed by atoms with E-state index in [2.05, 4.69) is 0 Å². The fourth-order valence-electron chi connectivity index (χ4n) is 5.58. The Morgan fingerprint density at radius 3 is 2.03 bits per heavy atom. The number of halogens is 3. The number of nitrogens with zero attached hydrogens (tertiary/aromatic N) is 2. The maximum atomic E-state index is 12.8. The molecular formula is C24H40F3N3O2. The van der Waals surface area contributed by atoms with E-state index in [-0.39, 0.29) is 23.7 Å². The zero-order valence-corrected chi connectivity index (χ0v) is 20.1. The molecule has 1 unspecified atom stereocenters. The summed E-state index contributed by atoms with van der Waals surface area (Å²) < 4.78 is 38.4. The monoisotopic (exact) mass is 459 g/mol. The summed E-state index contributed by atoms with van der Waals surface area (Å²) in [5.41, 5.74) is -0.595. The van der Waals surface area contributed by atoms with Crippen LogP contribution in [0, 0.1) is 28.1 Å². The number of likely N-dealkylation sites (tertiary alicyclic amines) is 2. The predicted octanol–water partition coefficient (Wildman–Crippen LogP) is 5.29. The smallest absolute Gasteiger partial charge is 0.363 e. The van der Waals surface area contributed by atoms with Crippen LogP contribution in [0.3, 0.4) is 0 Å². The number of alkyl halides is 3.